The Morgan fingerprint density at radius 1 is 1.00 bits per heavy atom. The van der Waals surface area contributed by atoms with Gasteiger partial charge in [0, 0.05) is 18.5 Å². The van der Waals surface area contributed by atoms with Crippen molar-refractivity contribution in [2.75, 3.05) is 0 Å². The third-order valence-corrected chi connectivity index (χ3v) is 5.97. The van der Waals surface area contributed by atoms with Crippen LogP contribution in [0.25, 0.3) is 0 Å². The number of piperidine rings is 1. The van der Waals surface area contributed by atoms with Crippen LogP contribution in [0.3, 0.4) is 0 Å². The van der Waals surface area contributed by atoms with Crippen LogP contribution in [0.1, 0.15) is 75.8 Å². The van der Waals surface area contributed by atoms with Gasteiger partial charge in [-0.3, -0.25) is 34.2 Å². The number of hydrogen-bond acceptors (Lipinski definition) is 5. The Bertz CT molecular complexity index is 1180. The van der Waals surface area contributed by atoms with Gasteiger partial charge in [0.15, 0.2) is 0 Å². The van der Waals surface area contributed by atoms with Gasteiger partial charge in [-0.25, -0.2) is 0 Å². The van der Waals surface area contributed by atoms with Gasteiger partial charge in [-0.15, -0.1) is 0 Å². The average Bonchev–Trinajstić information content (AvgIpc) is 3.01. The molecule has 5 amide bonds. The Morgan fingerprint density at radius 2 is 1.67 bits per heavy atom. The van der Waals surface area contributed by atoms with Crippen molar-refractivity contribution in [1.82, 2.24) is 15.5 Å². The molecule has 33 heavy (non-hydrogen) atoms. The molecule has 0 saturated carbocycles. The smallest absolute Gasteiger partial charge is 0.262 e. The minimum absolute atomic E-state index is 0.00882. The molecule has 2 N–H and O–H groups in total. The summed E-state index contributed by atoms with van der Waals surface area (Å²) < 4.78 is 0. The van der Waals surface area contributed by atoms with Gasteiger partial charge in [-0.2, -0.15) is 0 Å². The fraction of sp³-hybridized carbons (Fsp3) is 0.320. The summed E-state index contributed by atoms with van der Waals surface area (Å²) in [5, 5.41) is 5.00. The molecule has 0 aliphatic carbocycles. The molecule has 170 valence electrons. The SMILES string of the molecule is CC(C)(C)c1ccc(C(=O)NCc2ccc3c(c2)C(=O)N(C2CCC(=O)NC2=O)C3=O)cc1. The summed E-state index contributed by atoms with van der Waals surface area (Å²) in [4.78, 5) is 62.7. The predicted molar refractivity (Wildman–Crippen MR) is 119 cm³/mol. The van der Waals surface area contributed by atoms with Crippen LogP contribution in [-0.4, -0.2) is 40.5 Å². The van der Waals surface area contributed by atoms with Gasteiger partial charge in [0.2, 0.25) is 11.8 Å². The molecule has 0 radical (unpaired) electrons. The topological polar surface area (TPSA) is 113 Å². The Balaban J connectivity index is 1.45. The predicted octanol–water partition coefficient (Wildman–Crippen LogP) is 2.32. The van der Waals surface area contributed by atoms with Crippen LogP contribution in [-0.2, 0) is 21.5 Å². The van der Waals surface area contributed by atoms with Crippen molar-refractivity contribution in [3.8, 4) is 0 Å². The zero-order chi connectivity index (χ0) is 23.9. The largest absolute Gasteiger partial charge is 0.348 e. The first-order valence-electron chi connectivity index (χ1n) is 10.8. The summed E-state index contributed by atoms with van der Waals surface area (Å²) >= 11 is 0. The van der Waals surface area contributed by atoms with Crippen LogP contribution in [0, 0.1) is 0 Å². The van der Waals surface area contributed by atoms with E-state index < -0.39 is 29.7 Å². The number of rotatable bonds is 4. The molecule has 8 nitrogen and oxygen atoms in total. The summed E-state index contributed by atoms with van der Waals surface area (Å²) in [6.07, 6.45) is 0.172. The van der Waals surface area contributed by atoms with Crippen molar-refractivity contribution >= 4 is 29.5 Å². The standard InChI is InChI=1S/C25H25N3O5/c1-25(2,3)16-7-5-15(6-8-16)21(30)26-13-14-4-9-17-18(12-14)24(33)28(23(17)32)19-10-11-20(29)27-22(19)31/h4-9,12,19H,10-11,13H2,1-3H3,(H,26,30)(H,27,29,31). The van der Waals surface area contributed by atoms with Crippen molar-refractivity contribution in [2.45, 2.75) is 51.6 Å². The summed E-state index contributed by atoms with van der Waals surface area (Å²) in [6.45, 7) is 6.48. The molecule has 2 aromatic carbocycles. The molecule has 0 aromatic heterocycles. The van der Waals surface area contributed by atoms with E-state index in [1.165, 1.54) is 6.07 Å². The number of hydrogen-bond donors (Lipinski definition) is 2. The van der Waals surface area contributed by atoms with Crippen LogP contribution in [0.2, 0.25) is 0 Å². The van der Waals surface area contributed by atoms with E-state index in [4.69, 9.17) is 0 Å². The Labute approximate surface area is 191 Å². The van der Waals surface area contributed by atoms with Gasteiger partial charge in [0.1, 0.15) is 6.04 Å². The zero-order valence-electron chi connectivity index (χ0n) is 18.7. The molecule has 2 aliphatic rings. The number of nitrogens with one attached hydrogen (secondary N) is 2. The highest BCUT2D eigenvalue weighted by Gasteiger charge is 2.44. The maximum absolute atomic E-state index is 12.9. The lowest BCUT2D eigenvalue weighted by atomic mass is 9.87. The third-order valence-electron chi connectivity index (χ3n) is 5.97. The normalized spacial score (nSPS) is 18.3. The highest BCUT2D eigenvalue weighted by Crippen LogP contribution is 2.28. The lowest BCUT2D eigenvalue weighted by molar-refractivity contribution is -0.136. The first kappa shape index (κ1) is 22.4. The summed E-state index contributed by atoms with van der Waals surface area (Å²) in [7, 11) is 0. The third kappa shape index (κ3) is 4.28. The fourth-order valence-corrected chi connectivity index (χ4v) is 4.03. The molecule has 2 aromatic rings. The van der Waals surface area contributed by atoms with Crippen molar-refractivity contribution in [3.05, 3.63) is 70.3 Å². The fourth-order valence-electron chi connectivity index (χ4n) is 4.03. The number of carbonyl (C=O) groups is 5. The maximum Gasteiger partial charge on any atom is 0.262 e. The van der Waals surface area contributed by atoms with Crippen LogP contribution >= 0.6 is 0 Å². The first-order valence-corrected chi connectivity index (χ1v) is 10.8. The number of nitrogens with zero attached hydrogens (tertiary/aromatic N) is 1. The number of imide groups is 2. The lowest BCUT2D eigenvalue weighted by Gasteiger charge is -2.27. The Kier molecular flexibility index (Phi) is 5.61. The van der Waals surface area contributed by atoms with E-state index in [1.54, 1.807) is 24.3 Å². The first-order chi connectivity index (χ1) is 15.6. The molecule has 1 saturated heterocycles. The van der Waals surface area contributed by atoms with Crippen LogP contribution in [0.5, 0.6) is 0 Å². The molecule has 8 heteroatoms. The van der Waals surface area contributed by atoms with E-state index in [2.05, 4.69) is 31.4 Å². The molecule has 4 rings (SSSR count). The molecule has 1 fully saturated rings. The molecule has 2 aliphatic heterocycles. The number of benzene rings is 2. The van der Waals surface area contributed by atoms with Crippen LogP contribution in [0.4, 0.5) is 0 Å². The molecule has 0 spiro atoms. The van der Waals surface area contributed by atoms with E-state index in [-0.39, 0.29) is 41.8 Å². The van der Waals surface area contributed by atoms with Gasteiger partial charge < -0.3 is 5.32 Å². The van der Waals surface area contributed by atoms with E-state index >= 15 is 0 Å². The second-order valence-corrected chi connectivity index (χ2v) is 9.34. The number of carbonyl (C=O) groups excluding carboxylic acids is 5. The van der Waals surface area contributed by atoms with Gasteiger partial charge in [-0.05, 0) is 47.2 Å². The van der Waals surface area contributed by atoms with Crippen molar-refractivity contribution in [3.63, 3.8) is 0 Å². The van der Waals surface area contributed by atoms with Crippen molar-refractivity contribution in [2.24, 2.45) is 0 Å². The highest BCUT2D eigenvalue weighted by molar-refractivity contribution is 6.23. The lowest BCUT2D eigenvalue weighted by Crippen LogP contribution is -2.54. The molecule has 0 bridgehead atoms. The van der Waals surface area contributed by atoms with E-state index in [1.807, 2.05) is 12.1 Å². The minimum Gasteiger partial charge on any atom is -0.348 e. The van der Waals surface area contributed by atoms with Gasteiger partial charge in [0.05, 0.1) is 11.1 Å². The molecular weight excluding hydrogens is 422 g/mol. The zero-order valence-corrected chi connectivity index (χ0v) is 18.7. The second kappa shape index (κ2) is 8.27. The van der Waals surface area contributed by atoms with E-state index in [0.29, 0.717) is 11.1 Å². The molecular formula is C25H25N3O5. The average molecular weight is 447 g/mol. The quantitative estimate of drug-likeness (QED) is 0.699. The maximum atomic E-state index is 12.9. The number of amides is 5. The highest BCUT2D eigenvalue weighted by atomic mass is 16.2. The van der Waals surface area contributed by atoms with Gasteiger partial charge in [0.25, 0.3) is 17.7 Å². The Hall–Kier alpha value is -3.81. The van der Waals surface area contributed by atoms with E-state index in [9.17, 15) is 24.0 Å². The summed E-state index contributed by atoms with van der Waals surface area (Å²) in [5.74, 6) is -2.44. The summed E-state index contributed by atoms with van der Waals surface area (Å²) in [6, 6.07) is 11.2. The molecule has 1 unspecified atom stereocenters. The monoisotopic (exact) mass is 447 g/mol. The minimum atomic E-state index is -1.01. The molecule has 1 atom stereocenters. The van der Waals surface area contributed by atoms with E-state index in [0.717, 1.165) is 10.5 Å². The Morgan fingerprint density at radius 3 is 2.30 bits per heavy atom. The van der Waals surface area contributed by atoms with Gasteiger partial charge in [-0.1, -0.05) is 39.0 Å². The molecule has 2 heterocycles. The van der Waals surface area contributed by atoms with Gasteiger partial charge >= 0.3 is 0 Å². The summed E-state index contributed by atoms with van der Waals surface area (Å²) in [5.41, 5.74) is 2.69. The van der Waals surface area contributed by atoms with Crippen LogP contribution < -0.4 is 10.6 Å². The second-order valence-electron chi connectivity index (χ2n) is 9.34. The van der Waals surface area contributed by atoms with Crippen molar-refractivity contribution in [1.29, 1.82) is 0 Å². The number of fused-ring (bicyclic) bond motifs is 1. The van der Waals surface area contributed by atoms with Crippen LogP contribution in [0.15, 0.2) is 42.5 Å². The van der Waals surface area contributed by atoms with Crippen molar-refractivity contribution < 1.29 is 24.0 Å².